The third-order valence-corrected chi connectivity index (χ3v) is 8.83. The molecule has 0 spiro atoms. The molecule has 8 nitrogen and oxygen atoms in total. The van der Waals surface area contributed by atoms with Crippen molar-refractivity contribution in [3.8, 4) is 6.01 Å². The van der Waals surface area contributed by atoms with Crippen molar-refractivity contribution in [1.29, 1.82) is 0 Å². The lowest BCUT2D eigenvalue weighted by atomic mass is 9.89. The quantitative estimate of drug-likeness (QED) is 0.484. The van der Waals surface area contributed by atoms with Crippen LogP contribution in [0.5, 0.6) is 6.01 Å². The molecule has 2 bridgehead atoms. The molecule has 4 heterocycles. The molecule has 0 N–H and O–H groups in total. The lowest BCUT2D eigenvalue weighted by Gasteiger charge is -2.37. The molecule has 1 amide bonds. The molecule has 6 rings (SSSR count). The lowest BCUT2D eigenvalue weighted by molar-refractivity contribution is -0.128. The number of allylic oxidation sites excluding steroid dienone is 8. The molecule has 5 aliphatic rings. The predicted molar refractivity (Wildman–Crippen MR) is 156 cm³/mol. The SMILES string of the molecule is C=C(F)C(=O)N1CCN(c2nc(OC[C@@H]3CCCN3C)nc3c2COC(C2=CC=CC4=CC=CC(C)=C2C4)C3)CC1. The number of likely N-dealkylation sites (tertiary alicyclic amines) is 1. The molecule has 2 fully saturated rings. The van der Waals surface area contributed by atoms with Crippen LogP contribution >= 0.6 is 0 Å². The van der Waals surface area contributed by atoms with Gasteiger partial charge in [-0.1, -0.05) is 43.0 Å². The molecule has 9 heteroatoms. The van der Waals surface area contributed by atoms with E-state index in [-0.39, 0.29) is 6.10 Å². The minimum atomic E-state index is -0.926. The maximum absolute atomic E-state index is 13.5. The molecule has 1 aromatic rings. The van der Waals surface area contributed by atoms with E-state index in [2.05, 4.69) is 66.8 Å². The van der Waals surface area contributed by atoms with Crippen LogP contribution in [0.3, 0.4) is 0 Å². The number of ether oxygens (including phenoxy) is 2. The topological polar surface area (TPSA) is 71.0 Å². The van der Waals surface area contributed by atoms with Gasteiger partial charge in [0.2, 0.25) is 0 Å². The standard InChI is InChI=1S/C32H38FN5O3/c1-21-7-4-8-23-9-5-11-25(26(21)17-23)29-18-28-27(20-40-29)30(37-13-15-38(16-14-37)31(39)22(2)33)35-32(34-28)41-19-24-10-6-12-36(24)3/h4-5,7-9,11,24,29H,2,6,10,12-20H2,1,3H3/t24-,29?/m0/s1. The highest BCUT2D eigenvalue weighted by atomic mass is 19.1. The molecule has 2 atom stereocenters. The summed E-state index contributed by atoms with van der Waals surface area (Å²) in [7, 11) is 2.13. The number of amides is 1. The third-order valence-electron chi connectivity index (χ3n) is 8.83. The van der Waals surface area contributed by atoms with E-state index in [0.717, 1.165) is 36.5 Å². The Morgan fingerprint density at radius 3 is 2.71 bits per heavy atom. The van der Waals surface area contributed by atoms with E-state index < -0.39 is 11.7 Å². The highest BCUT2D eigenvalue weighted by molar-refractivity contribution is 5.90. The predicted octanol–water partition coefficient (Wildman–Crippen LogP) is 4.22. The summed E-state index contributed by atoms with van der Waals surface area (Å²) in [6, 6.07) is 0.726. The number of nitrogens with zero attached hydrogens (tertiary/aromatic N) is 5. The summed E-state index contributed by atoms with van der Waals surface area (Å²) in [6.07, 6.45) is 16.5. The molecule has 2 aliphatic carbocycles. The van der Waals surface area contributed by atoms with E-state index in [0.29, 0.717) is 57.9 Å². The fourth-order valence-electron chi connectivity index (χ4n) is 6.35. The zero-order valence-corrected chi connectivity index (χ0v) is 23.9. The van der Waals surface area contributed by atoms with Crippen LogP contribution in [-0.4, -0.2) is 84.2 Å². The van der Waals surface area contributed by atoms with Gasteiger partial charge in [-0.25, -0.2) is 4.39 Å². The molecule has 2 saturated heterocycles. The van der Waals surface area contributed by atoms with Crippen molar-refractivity contribution in [2.45, 2.75) is 51.4 Å². The van der Waals surface area contributed by atoms with Gasteiger partial charge in [0, 0.05) is 44.2 Å². The molecule has 0 radical (unpaired) electrons. The van der Waals surface area contributed by atoms with Crippen LogP contribution in [-0.2, 0) is 22.6 Å². The minimum Gasteiger partial charge on any atom is -0.462 e. The number of halogens is 1. The van der Waals surface area contributed by atoms with Crippen LogP contribution in [0.25, 0.3) is 0 Å². The Bertz CT molecular complexity index is 1390. The third kappa shape index (κ3) is 5.78. The molecule has 1 unspecified atom stereocenters. The van der Waals surface area contributed by atoms with E-state index in [1.807, 2.05) is 0 Å². The summed E-state index contributed by atoms with van der Waals surface area (Å²) in [5.41, 5.74) is 6.91. The van der Waals surface area contributed by atoms with Gasteiger partial charge in [0.15, 0.2) is 5.83 Å². The van der Waals surface area contributed by atoms with E-state index in [9.17, 15) is 9.18 Å². The van der Waals surface area contributed by atoms with Gasteiger partial charge in [0.1, 0.15) is 12.4 Å². The molecule has 216 valence electrons. The number of anilines is 1. The number of piperazine rings is 1. The Kier molecular flexibility index (Phi) is 7.90. The number of hydrogen-bond donors (Lipinski definition) is 0. The van der Waals surface area contributed by atoms with Gasteiger partial charge >= 0.3 is 6.01 Å². The number of carbonyl (C=O) groups is 1. The van der Waals surface area contributed by atoms with Crippen LogP contribution in [0.15, 0.2) is 71.2 Å². The largest absolute Gasteiger partial charge is 0.462 e. The Morgan fingerprint density at radius 1 is 1.15 bits per heavy atom. The van der Waals surface area contributed by atoms with E-state index >= 15 is 0 Å². The molecular weight excluding hydrogens is 521 g/mol. The Morgan fingerprint density at radius 2 is 1.95 bits per heavy atom. The van der Waals surface area contributed by atoms with Crippen LogP contribution in [0.4, 0.5) is 10.2 Å². The van der Waals surface area contributed by atoms with Crippen molar-refractivity contribution < 1.29 is 18.7 Å². The summed E-state index contributed by atoms with van der Waals surface area (Å²) < 4.78 is 26.3. The van der Waals surface area contributed by atoms with Gasteiger partial charge in [0.05, 0.1) is 18.4 Å². The van der Waals surface area contributed by atoms with Crippen LogP contribution in [0, 0.1) is 0 Å². The molecule has 41 heavy (non-hydrogen) atoms. The zero-order valence-electron chi connectivity index (χ0n) is 23.9. The highest BCUT2D eigenvalue weighted by Crippen LogP contribution is 2.37. The Hall–Kier alpha value is -3.56. The second kappa shape index (κ2) is 11.7. The normalized spacial score (nSPS) is 24.5. The van der Waals surface area contributed by atoms with Crippen molar-refractivity contribution >= 4 is 11.7 Å². The monoisotopic (exact) mass is 559 g/mol. The second-order valence-electron chi connectivity index (χ2n) is 11.5. The lowest BCUT2D eigenvalue weighted by Crippen LogP contribution is -2.49. The fourth-order valence-corrected chi connectivity index (χ4v) is 6.35. The number of aromatic nitrogens is 2. The number of likely N-dealkylation sites (N-methyl/N-ethyl adjacent to an activating group) is 1. The number of hydrogen-bond acceptors (Lipinski definition) is 7. The average molecular weight is 560 g/mol. The first-order chi connectivity index (χ1) is 19.9. The Balaban J connectivity index is 1.28. The number of carbonyl (C=O) groups excluding carboxylic acids is 1. The van der Waals surface area contributed by atoms with Crippen molar-refractivity contribution in [2.24, 2.45) is 0 Å². The average Bonchev–Trinajstić information content (AvgIpc) is 3.16. The van der Waals surface area contributed by atoms with E-state index in [1.165, 1.54) is 33.6 Å². The molecule has 3 aliphatic heterocycles. The first-order valence-corrected chi connectivity index (χ1v) is 14.6. The van der Waals surface area contributed by atoms with E-state index in [1.54, 1.807) is 0 Å². The highest BCUT2D eigenvalue weighted by Gasteiger charge is 2.33. The van der Waals surface area contributed by atoms with Crippen LogP contribution in [0.1, 0.15) is 37.4 Å². The summed E-state index contributed by atoms with van der Waals surface area (Å²) >= 11 is 0. The maximum atomic E-state index is 13.5. The van der Waals surface area contributed by atoms with Crippen molar-refractivity contribution in [3.63, 3.8) is 0 Å². The van der Waals surface area contributed by atoms with Crippen LogP contribution < -0.4 is 9.64 Å². The van der Waals surface area contributed by atoms with E-state index in [4.69, 9.17) is 19.4 Å². The smallest absolute Gasteiger partial charge is 0.318 e. The summed E-state index contributed by atoms with van der Waals surface area (Å²) in [5, 5.41) is 0. The number of fused-ring (bicyclic) bond motifs is 3. The summed E-state index contributed by atoms with van der Waals surface area (Å²) in [6.45, 7) is 9.16. The molecular formula is C32H38FN5O3. The molecule has 0 saturated carbocycles. The first kappa shape index (κ1) is 27.6. The van der Waals surface area contributed by atoms with Gasteiger partial charge in [-0.2, -0.15) is 9.97 Å². The van der Waals surface area contributed by atoms with Gasteiger partial charge in [-0.15, -0.1) is 0 Å². The number of rotatable bonds is 6. The van der Waals surface area contributed by atoms with Gasteiger partial charge < -0.3 is 24.2 Å². The van der Waals surface area contributed by atoms with Crippen molar-refractivity contribution in [2.75, 3.05) is 51.3 Å². The maximum Gasteiger partial charge on any atom is 0.318 e. The summed E-state index contributed by atoms with van der Waals surface area (Å²) in [4.78, 5) is 27.9. The van der Waals surface area contributed by atoms with Crippen LogP contribution in [0.2, 0.25) is 0 Å². The zero-order chi connectivity index (χ0) is 28.5. The second-order valence-corrected chi connectivity index (χ2v) is 11.5. The van der Waals surface area contributed by atoms with Gasteiger partial charge in [-0.05, 0) is 62.1 Å². The van der Waals surface area contributed by atoms with Gasteiger partial charge in [0.25, 0.3) is 5.91 Å². The molecule has 1 aromatic heterocycles. The molecule has 0 aromatic carbocycles. The first-order valence-electron chi connectivity index (χ1n) is 14.6. The van der Waals surface area contributed by atoms with Gasteiger partial charge in [-0.3, -0.25) is 4.79 Å². The van der Waals surface area contributed by atoms with Crippen molar-refractivity contribution in [3.05, 3.63) is 82.4 Å². The Labute approximate surface area is 241 Å². The minimum absolute atomic E-state index is 0.135. The van der Waals surface area contributed by atoms with Crippen molar-refractivity contribution in [1.82, 2.24) is 19.8 Å². The fraction of sp³-hybridized carbons (Fsp3) is 0.469. The summed E-state index contributed by atoms with van der Waals surface area (Å²) in [5.74, 6) is -0.793.